The topological polar surface area (TPSA) is 75.8 Å². The summed E-state index contributed by atoms with van der Waals surface area (Å²) in [6, 6.07) is 2.70. The van der Waals surface area contributed by atoms with Crippen molar-refractivity contribution in [2.45, 2.75) is 6.92 Å². The van der Waals surface area contributed by atoms with Crippen molar-refractivity contribution in [1.82, 2.24) is 0 Å². The molecule has 17 heavy (non-hydrogen) atoms. The summed E-state index contributed by atoms with van der Waals surface area (Å²) in [7, 11) is 0. The van der Waals surface area contributed by atoms with E-state index in [0.29, 0.717) is 37.6 Å². The fourth-order valence-corrected chi connectivity index (χ4v) is 2.06. The highest BCUT2D eigenvalue weighted by Crippen LogP contribution is 2.36. The van der Waals surface area contributed by atoms with Gasteiger partial charge in [-0.25, -0.2) is 0 Å². The molecule has 2 rings (SSSR count). The lowest BCUT2D eigenvalue weighted by molar-refractivity contribution is -0.385. The first-order chi connectivity index (χ1) is 8.11. The van der Waals surface area contributed by atoms with E-state index in [-0.39, 0.29) is 11.4 Å². The number of anilines is 1. The highest BCUT2D eigenvalue weighted by Gasteiger charge is 2.22. The molecule has 92 valence electrons. The molecule has 0 spiro atoms. The molecule has 0 radical (unpaired) electrons. The van der Waals surface area contributed by atoms with E-state index < -0.39 is 4.92 Å². The normalized spacial score (nSPS) is 15.9. The minimum Gasteiger partial charge on any atom is -0.506 e. The summed E-state index contributed by atoms with van der Waals surface area (Å²) >= 11 is 0. The van der Waals surface area contributed by atoms with Crippen LogP contribution in [-0.4, -0.2) is 36.3 Å². The first-order valence-corrected chi connectivity index (χ1v) is 5.41. The first kappa shape index (κ1) is 11.7. The maximum absolute atomic E-state index is 10.8. The second-order valence-electron chi connectivity index (χ2n) is 3.93. The number of nitrogens with zero attached hydrogens (tertiary/aromatic N) is 2. The van der Waals surface area contributed by atoms with Crippen LogP contribution in [0.15, 0.2) is 12.1 Å². The van der Waals surface area contributed by atoms with Gasteiger partial charge in [0.2, 0.25) is 0 Å². The van der Waals surface area contributed by atoms with Gasteiger partial charge in [0.15, 0.2) is 0 Å². The Hall–Kier alpha value is -1.82. The minimum atomic E-state index is -0.432. The van der Waals surface area contributed by atoms with E-state index in [9.17, 15) is 15.2 Å². The molecule has 0 aliphatic carbocycles. The zero-order valence-electron chi connectivity index (χ0n) is 9.55. The molecule has 1 N–H and O–H groups in total. The molecule has 1 aliphatic rings. The van der Waals surface area contributed by atoms with E-state index in [1.54, 1.807) is 6.92 Å². The van der Waals surface area contributed by atoms with Crippen molar-refractivity contribution >= 4 is 11.4 Å². The molecule has 1 aromatic rings. The molecule has 1 aromatic carbocycles. The summed E-state index contributed by atoms with van der Waals surface area (Å²) in [6.45, 7) is 4.07. The molecular formula is C11H14N2O4. The number of benzene rings is 1. The molecule has 1 aliphatic heterocycles. The van der Waals surface area contributed by atoms with Crippen LogP contribution >= 0.6 is 0 Å². The van der Waals surface area contributed by atoms with Gasteiger partial charge in [-0.15, -0.1) is 0 Å². The number of nitro benzene ring substituents is 1. The molecule has 1 heterocycles. The monoisotopic (exact) mass is 238 g/mol. The average molecular weight is 238 g/mol. The summed E-state index contributed by atoms with van der Waals surface area (Å²) in [5, 5.41) is 20.7. The summed E-state index contributed by atoms with van der Waals surface area (Å²) in [6.07, 6.45) is 0. The lowest BCUT2D eigenvalue weighted by Gasteiger charge is -2.30. The number of morpholine rings is 1. The maximum Gasteiger partial charge on any atom is 0.274 e. The van der Waals surface area contributed by atoms with Gasteiger partial charge in [-0.05, 0) is 13.0 Å². The van der Waals surface area contributed by atoms with Crippen LogP contribution in [0.4, 0.5) is 11.4 Å². The minimum absolute atomic E-state index is 0.0318. The second-order valence-corrected chi connectivity index (χ2v) is 3.93. The van der Waals surface area contributed by atoms with E-state index in [1.165, 1.54) is 12.1 Å². The third-order valence-corrected chi connectivity index (χ3v) is 2.91. The number of ether oxygens (including phenoxy) is 1. The van der Waals surface area contributed by atoms with Crippen LogP contribution in [0.25, 0.3) is 0 Å². The van der Waals surface area contributed by atoms with Crippen molar-refractivity contribution in [3.05, 3.63) is 27.8 Å². The Bertz CT molecular complexity index is 441. The predicted octanol–water partition coefficient (Wildman–Crippen LogP) is 1.45. The Morgan fingerprint density at radius 2 is 2.06 bits per heavy atom. The van der Waals surface area contributed by atoms with Crippen LogP contribution < -0.4 is 4.90 Å². The van der Waals surface area contributed by atoms with Gasteiger partial charge in [0.1, 0.15) is 5.75 Å². The Morgan fingerprint density at radius 3 is 2.65 bits per heavy atom. The Labute approximate surface area is 98.6 Å². The number of rotatable bonds is 2. The van der Waals surface area contributed by atoms with Crippen molar-refractivity contribution in [3.63, 3.8) is 0 Å². The molecule has 1 saturated heterocycles. The van der Waals surface area contributed by atoms with Gasteiger partial charge in [0.05, 0.1) is 29.4 Å². The average Bonchev–Trinajstić information content (AvgIpc) is 2.30. The molecule has 0 unspecified atom stereocenters. The van der Waals surface area contributed by atoms with E-state index in [2.05, 4.69) is 0 Å². The largest absolute Gasteiger partial charge is 0.506 e. The lowest BCUT2D eigenvalue weighted by atomic mass is 10.1. The van der Waals surface area contributed by atoms with Crippen LogP contribution in [0.3, 0.4) is 0 Å². The van der Waals surface area contributed by atoms with Crippen molar-refractivity contribution in [2.24, 2.45) is 0 Å². The van der Waals surface area contributed by atoms with Crippen LogP contribution in [0, 0.1) is 17.0 Å². The zero-order valence-corrected chi connectivity index (χ0v) is 9.55. The third-order valence-electron chi connectivity index (χ3n) is 2.91. The van der Waals surface area contributed by atoms with E-state index in [4.69, 9.17) is 4.74 Å². The predicted molar refractivity (Wildman–Crippen MR) is 62.5 cm³/mol. The smallest absolute Gasteiger partial charge is 0.274 e. The van der Waals surface area contributed by atoms with Gasteiger partial charge < -0.3 is 14.7 Å². The van der Waals surface area contributed by atoms with Gasteiger partial charge in [-0.2, -0.15) is 0 Å². The molecule has 0 aromatic heterocycles. The lowest BCUT2D eigenvalue weighted by Crippen LogP contribution is -2.36. The number of nitro groups is 1. The van der Waals surface area contributed by atoms with Crippen LogP contribution in [-0.2, 0) is 4.74 Å². The zero-order chi connectivity index (χ0) is 12.4. The first-order valence-electron chi connectivity index (χ1n) is 5.41. The number of hydrogen-bond donors (Lipinski definition) is 1. The summed E-state index contributed by atoms with van der Waals surface area (Å²) in [5.74, 6) is 0.0787. The molecule has 0 saturated carbocycles. The quantitative estimate of drug-likeness (QED) is 0.623. The van der Waals surface area contributed by atoms with Crippen molar-refractivity contribution in [3.8, 4) is 5.75 Å². The standard InChI is InChI=1S/C11H14N2O4/c1-8-9(13(15)16)2-3-10(14)11(8)12-4-6-17-7-5-12/h2-3,14H,4-7H2,1H3. The molecule has 0 amide bonds. The van der Waals surface area contributed by atoms with E-state index in [1.807, 2.05) is 4.90 Å². The van der Waals surface area contributed by atoms with E-state index in [0.717, 1.165) is 0 Å². The van der Waals surface area contributed by atoms with Crippen LogP contribution in [0.1, 0.15) is 5.56 Å². The molecule has 0 bridgehead atoms. The molecule has 0 atom stereocenters. The van der Waals surface area contributed by atoms with Gasteiger partial charge >= 0.3 is 0 Å². The Morgan fingerprint density at radius 1 is 1.41 bits per heavy atom. The third kappa shape index (κ3) is 2.16. The van der Waals surface area contributed by atoms with Crippen LogP contribution in [0.2, 0.25) is 0 Å². The van der Waals surface area contributed by atoms with Gasteiger partial charge in [0, 0.05) is 19.2 Å². The summed E-state index contributed by atoms with van der Waals surface area (Å²) in [4.78, 5) is 12.3. The molecule has 6 nitrogen and oxygen atoms in total. The Kier molecular flexibility index (Phi) is 3.14. The van der Waals surface area contributed by atoms with E-state index >= 15 is 0 Å². The SMILES string of the molecule is Cc1c([N+](=O)[O-])ccc(O)c1N1CCOCC1. The fourth-order valence-electron chi connectivity index (χ4n) is 2.06. The van der Waals surface area contributed by atoms with Crippen molar-refractivity contribution in [2.75, 3.05) is 31.2 Å². The maximum atomic E-state index is 10.8. The van der Waals surface area contributed by atoms with Gasteiger partial charge in [-0.1, -0.05) is 0 Å². The summed E-state index contributed by atoms with van der Waals surface area (Å²) in [5.41, 5.74) is 1.07. The molecular weight excluding hydrogens is 224 g/mol. The molecule has 1 fully saturated rings. The number of phenolic OH excluding ortho intramolecular Hbond substituents is 1. The fraction of sp³-hybridized carbons (Fsp3) is 0.455. The highest BCUT2D eigenvalue weighted by atomic mass is 16.6. The van der Waals surface area contributed by atoms with Gasteiger partial charge in [-0.3, -0.25) is 10.1 Å². The molecule has 6 heteroatoms. The number of phenols is 1. The second kappa shape index (κ2) is 4.58. The van der Waals surface area contributed by atoms with Crippen molar-refractivity contribution < 1.29 is 14.8 Å². The van der Waals surface area contributed by atoms with Crippen molar-refractivity contribution in [1.29, 1.82) is 0 Å². The number of hydrogen-bond acceptors (Lipinski definition) is 5. The summed E-state index contributed by atoms with van der Waals surface area (Å²) < 4.78 is 5.22. The highest BCUT2D eigenvalue weighted by molar-refractivity contribution is 5.69. The van der Waals surface area contributed by atoms with Gasteiger partial charge in [0.25, 0.3) is 5.69 Å². The Balaban J connectivity index is 2.43. The number of aromatic hydroxyl groups is 1. The van der Waals surface area contributed by atoms with Crippen LogP contribution in [0.5, 0.6) is 5.75 Å².